The number of benzene rings is 1. The van der Waals surface area contributed by atoms with E-state index in [9.17, 15) is 9.50 Å². The molecule has 1 aromatic rings. The van der Waals surface area contributed by atoms with Crippen LogP contribution in [0.15, 0.2) is 18.2 Å². The van der Waals surface area contributed by atoms with Gasteiger partial charge in [-0.15, -0.1) is 0 Å². The average molecular weight is 225 g/mol. The molecule has 4 heteroatoms. The number of aliphatic hydroxyl groups excluding tert-OH is 2. The molecule has 0 spiro atoms. The van der Waals surface area contributed by atoms with Crippen LogP contribution in [0.4, 0.5) is 10.1 Å². The predicted molar refractivity (Wildman–Crippen MR) is 59.8 cm³/mol. The maximum atomic E-state index is 13.7. The largest absolute Gasteiger partial charge is 0.393 e. The molecule has 0 aromatic heterocycles. The van der Waals surface area contributed by atoms with Gasteiger partial charge in [0, 0.05) is 13.1 Å². The van der Waals surface area contributed by atoms with Gasteiger partial charge < -0.3 is 15.1 Å². The van der Waals surface area contributed by atoms with Gasteiger partial charge in [-0.2, -0.15) is 0 Å². The quantitative estimate of drug-likeness (QED) is 0.797. The third-order valence-corrected chi connectivity index (χ3v) is 3.00. The number of hydrogen-bond donors (Lipinski definition) is 2. The Kier molecular flexibility index (Phi) is 3.41. The highest BCUT2D eigenvalue weighted by Crippen LogP contribution is 2.24. The lowest BCUT2D eigenvalue weighted by Crippen LogP contribution is -2.36. The van der Waals surface area contributed by atoms with Crippen LogP contribution in [0.1, 0.15) is 18.4 Å². The van der Waals surface area contributed by atoms with Crippen molar-refractivity contribution < 1.29 is 14.6 Å². The summed E-state index contributed by atoms with van der Waals surface area (Å²) < 4.78 is 13.7. The lowest BCUT2D eigenvalue weighted by atomic mass is 10.1. The van der Waals surface area contributed by atoms with Gasteiger partial charge in [0.15, 0.2) is 0 Å². The SMILES string of the molecule is OCc1ccc(N2CCC(O)CC2)c(F)c1. The molecule has 1 fully saturated rings. The van der Waals surface area contributed by atoms with E-state index in [0.717, 1.165) is 0 Å². The van der Waals surface area contributed by atoms with E-state index in [0.29, 0.717) is 37.2 Å². The maximum absolute atomic E-state index is 13.7. The Morgan fingerprint density at radius 1 is 1.31 bits per heavy atom. The molecule has 0 atom stereocenters. The second-order valence-corrected chi connectivity index (χ2v) is 4.16. The first-order chi connectivity index (χ1) is 7.70. The summed E-state index contributed by atoms with van der Waals surface area (Å²) in [6, 6.07) is 4.78. The second-order valence-electron chi connectivity index (χ2n) is 4.16. The maximum Gasteiger partial charge on any atom is 0.146 e. The van der Waals surface area contributed by atoms with Gasteiger partial charge in [-0.25, -0.2) is 4.39 Å². The number of piperidine rings is 1. The minimum Gasteiger partial charge on any atom is -0.393 e. The van der Waals surface area contributed by atoms with E-state index < -0.39 is 0 Å². The molecule has 2 rings (SSSR count). The van der Waals surface area contributed by atoms with Crippen LogP contribution in [0.5, 0.6) is 0 Å². The third kappa shape index (κ3) is 2.33. The zero-order valence-corrected chi connectivity index (χ0v) is 9.06. The van der Waals surface area contributed by atoms with Crippen molar-refractivity contribution in [3.05, 3.63) is 29.6 Å². The molecular weight excluding hydrogens is 209 g/mol. The Morgan fingerprint density at radius 2 is 2.00 bits per heavy atom. The smallest absolute Gasteiger partial charge is 0.146 e. The van der Waals surface area contributed by atoms with Gasteiger partial charge in [0.1, 0.15) is 5.82 Å². The molecule has 0 saturated carbocycles. The van der Waals surface area contributed by atoms with Crippen molar-refractivity contribution in [2.24, 2.45) is 0 Å². The number of rotatable bonds is 2. The first-order valence-corrected chi connectivity index (χ1v) is 5.53. The Labute approximate surface area is 94.1 Å². The van der Waals surface area contributed by atoms with Crippen LogP contribution in [0.3, 0.4) is 0 Å². The van der Waals surface area contributed by atoms with Crippen LogP contribution in [0.25, 0.3) is 0 Å². The number of hydrogen-bond acceptors (Lipinski definition) is 3. The summed E-state index contributed by atoms with van der Waals surface area (Å²) in [5.41, 5.74) is 1.14. The van der Waals surface area contributed by atoms with Crippen molar-refractivity contribution in [2.75, 3.05) is 18.0 Å². The van der Waals surface area contributed by atoms with E-state index in [2.05, 4.69) is 0 Å². The molecule has 16 heavy (non-hydrogen) atoms. The van der Waals surface area contributed by atoms with Crippen molar-refractivity contribution >= 4 is 5.69 Å². The molecule has 88 valence electrons. The van der Waals surface area contributed by atoms with Crippen LogP contribution >= 0.6 is 0 Å². The molecule has 2 N–H and O–H groups in total. The van der Waals surface area contributed by atoms with Crippen molar-refractivity contribution in [3.63, 3.8) is 0 Å². The topological polar surface area (TPSA) is 43.7 Å². The third-order valence-electron chi connectivity index (χ3n) is 3.00. The molecule has 1 aliphatic heterocycles. The summed E-state index contributed by atoms with van der Waals surface area (Å²) in [4.78, 5) is 1.93. The molecule has 0 amide bonds. The fourth-order valence-corrected chi connectivity index (χ4v) is 2.01. The molecule has 0 bridgehead atoms. The van der Waals surface area contributed by atoms with E-state index >= 15 is 0 Å². The van der Waals surface area contributed by atoms with Crippen molar-refractivity contribution in [1.82, 2.24) is 0 Å². The lowest BCUT2D eigenvalue weighted by Gasteiger charge is -2.31. The predicted octanol–water partition coefficient (Wildman–Crippen LogP) is 1.28. The molecule has 1 aliphatic rings. The summed E-state index contributed by atoms with van der Waals surface area (Å²) >= 11 is 0. The molecule has 1 heterocycles. The van der Waals surface area contributed by atoms with E-state index in [1.807, 2.05) is 4.90 Å². The molecule has 1 saturated heterocycles. The van der Waals surface area contributed by atoms with Gasteiger partial charge in [0.25, 0.3) is 0 Å². The highest BCUT2D eigenvalue weighted by molar-refractivity contribution is 5.49. The second kappa shape index (κ2) is 4.80. The molecule has 3 nitrogen and oxygen atoms in total. The first kappa shape index (κ1) is 11.4. The van der Waals surface area contributed by atoms with Crippen LogP contribution < -0.4 is 4.90 Å². The van der Waals surface area contributed by atoms with E-state index in [4.69, 9.17) is 5.11 Å². The zero-order chi connectivity index (χ0) is 11.5. The fraction of sp³-hybridized carbons (Fsp3) is 0.500. The van der Waals surface area contributed by atoms with Crippen molar-refractivity contribution in [1.29, 1.82) is 0 Å². The van der Waals surface area contributed by atoms with Gasteiger partial charge in [0.2, 0.25) is 0 Å². The van der Waals surface area contributed by atoms with Gasteiger partial charge in [0.05, 0.1) is 18.4 Å². The normalized spacial score (nSPS) is 17.8. The zero-order valence-electron chi connectivity index (χ0n) is 9.06. The fourth-order valence-electron chi connectivity index (χ4n) is 2.01. The summed E-state index contributed by atoms with van der Waals surface area (Å²) in [6.45, 7) is 1.21. The summed E-state index contributed by atoms with van der Waals surface area (Å²) in [7, 11) is 0. The van der Waals surface area contributed by atoms with Crippen molar-refractivity contribution in [3.8, 4) is 0 Å². The number of nitrogens with zero attached hydrogens (tertiary/aromatic N) is 1. The summed E-state index contributed by atoms with van der Waals surface area (Å²) in [6.07, 6.45) is 1.11. The van der Waals surface area contributed by atoms with Gasteiger partial charge in [-0.1, -0.05) is 6.07 Å². The number of halogens is 1. The highest BCUT2D eigenvalue weighted by Gasteiger charge is 2.19. The van der Waals surface area contributed by atoms with Crippen molar-refractivity contribution in [2.45, 2.75) is 25.6 Å². The Balaban J connectivity index is 2.14. The van der Waals surface area contributed by atoms with Crippen LogP contribution in [-0.4, -0.2) is 29.4 Å². The first-order valence-electron chi connectivity index (χ1n) is 5.53. The molecule has 1 aromatic carbocycles. The number of anilines is 1. The lowest BCUT2D eigenvalue weighted by molar-refractivity contribution is 0.145. The number of aliphatic hydroxyl groups is 2. The summed E-state index contributed by atoms with van der Waals surface area (Å²) in [5, 5.41) is 18.3. The van der Waals surface area contributed by atoms with Crippen LogP contribution in [0.2, 0.25) is 0 Å². The molecule has 0 aliphatic carbocycles. The Morgan fingerprint density at radius 3 is 2.56 bits per heavy atom. The van der Waals surface area contributed by atoms with E-state index in [1.165, 1.54) is 6.07 Å². The molecule has 0 unspecified atom stereocenters. The standard InChI is InChI=1S/C12H16FNO2/c13-11-7-9(8-15)1-2-12(11)14-5-3-10(16)4-6-14/h1-2,7,10,15-16H,3-6,8H2. The van der Waals surface area contributed by atoms with E-state index in [1.54, 1.807) is 12.1 Å². The van der Waals surface area contributed by atoms with Gasteiger partial charge >= 0.3 is 0 Å². The highest BCUT2D eigenvalue weighted by atomic mass is 19.1. The van der Waals surface area contributed by atoms with Crippen LogP contribution in [0, 0.1) is 5.82 Å². The van der Waals surface area contributed by atoms with E-state index in [-0.39, 0.29) is 18.5 Å². The van der Waals surface area contributed by atoms with Crippen LogP contribution in [-0.2, 0) is 6.61 Å². The van der Waals surface area contributed by atoms with Gasteiger partial charge in [-0.3, -0.25) is 0 Å². The summed E-state index contributed by atoms with van der Waals surface area (Å²) in [5.74, 6) is -0.303. The average Bonchev–Trinajstić information content (AvgIpc) is 2.30. The monoisotopic (exact) mass is 225 g/mol. The minimum atomic E-state index is -0.303. The molecule has 0 radical (unpaired) electrons. The Hall–Kier alpha value is -1.13. The molecular formula is C12H16FNO2. The Bertz CT molecular complexity index is 362. The van der Waals surface area contributed by atoms with Gasteiger partial charge in [-0.05, 0) is 30.5 Å². The minimum absolute atomic E-state index is 0.143.